The highest BCUT2D eigenvalue weighted by molar-refractivity contribution is 6.35. The van der Waals surface area contributed by atoms with E-state index in [0.717, 1.165) is 17.9 Å². The third-order valence-electron chi connectivity index (χ3n) is 2.51. The smallest absolute Gasteiger partial charge is 0.125 e. The van der Waals surface area contributed by atoms with E-state index in [1.807, 2.05) is 31.2 Å². The zero-order valence-electron chi connectivity index (χ0n) is 9.41. The Bertz CT molecular complexity index is 482. The van der Waals surface area contributed by atoms with Crippen LogP contribution in [0.5, 0.6) is 0 Å². The summed E-state index contributed by atoms with van der Waals surface area (Å²) < 4.78 is 5.43. The molecule has 4 heteroatoms. The van der Waals surface area contributed by atoms with Crippen LogP contribution >= 0.6 is 23.2 Å². The molecule has 17 heavy (non-hydrogen) atoms. The van der Waals surface area contributed by atoms with Crippen molar-refractivity contribution in [1.29, 1.82) is 0 Å². The van der Waals surface area contributed by atoms with Gasteiger partial charge in [0.05, 0.1) is 12.3 Å². The van der Waals surface area contributed by atoms with E-state index in [0.29, 0.717) is 10.0 Å². The van der Waals surface area contributed by atoms with Gasteiger partial charge in [-0.25, -0.2) is 0 Å². The van der Waals surface area contributed by atoms with Crippen LogP contribution in [-0.4, -0.2) is 6.54 Å². The summed E-state index contributed by atoms with van der Waals surface area (Å²) in [6.07, 6.45) is 1.66. The van der Waals surface area contributed by atoms with Gasteiger partial charge in [0.1, 0.15) is 5.76 Å². The van der Waals surface area contributed by atoms with E-state index in [2.05, 4.69) is 5.32 Å². The topological polar surface area (TPSA) is 25.2 Å². The van der Waals surface area contributed by atoms with E-state index in [1.54, 1.807) is 12.3 Å². The van der Waals surface area contributed by atoms with Gasteiger partial charge < -0.3 is 9.73 Å². The van der Waals surface area contributed by atoms with Crippen LogP contribution in [0.4, 0.5) is 0 Å². The molecule has 0 saturated carbocycles. The lowest BCUT2D eigenvalue weighted by atomic mass is 10.0. The highest BCUT2D eigenvalue weighted by atomic mass is 35.5. The van der Waals surface area contributed by atoms with Crippen molar-refractivity contribution < 1.29 is 4.42 Å². The van der Waals surface area contributed by atoms with Crippen LogP contribution in [0.25, 0.3) is 0 Å². The molecule has 0 bridgehead atoms. The standard InChI is InChI=1S/C13H13Cl2NO/c1-2-16-13(12-4-3-7-17-12)10-6-5-9(14)8-11(10)15/h3-8,13,16H,2H2,1H3. The molecule has 2 aromatic rings. The van der Waals surface area contributed by atoms with Crippen molar-refractivity contribution in [3.05, 3.63) is 58.0 Å². The van der Waals surface area contributed by atoms with Gasteiger partial charge in [-0.2, -0.15) is 0 Å². The number of rotatable bonds is 4. The second-order valence-electron chi connectivity index (χ2n) is 3.67. The number of hydrogen-bond acceptors (Lipinski definition) is 2. The number of nitrogens with one attached hydrogen (secondary N) is 1. The van der Waals surface area contributed by atoms with Crippen molar-refractivity contribution in [3.63, 3.8) is 0 Å². The fourth-order valence-electron chi connectivity index (χ4n) is 1.76. The SMILES string of the molecule is CCNC(c1ccco1)c1ccc(Cl)cc1Cl. The predicted octanol–water partition coefficient (Wildman–Crippen LogP) is 4.29. The Kier molecular flexibility index (Phi) is 4.11. The monoisotopic (exact) mass is 269 g/mol. The predicted molar refractivity (Wildman–Crippen MR) is 70.7 cm³/mol. The summed E-state index contributed by atoms with van der Waals surface area (Å²) in [6, 6.07) is 9.24. The Morgan fingerprint density at radius 3 is 2.71 bits per heavy atom. The van der Waals surface area contributed by atoms with Crippen LogP contribution in [0.1, 0.15) is 24.3 Å². The molecule has 0 aliphatic carbocycles. The molecule has 1 aromatic carbocycles. The molecule has 0 aliphatic rings. The minimum absolute atomic E-state index is 0.0419. The first-order chi connectivity index (χ1) is 8.22. The Labute approximate surface area is 111 Å². The van der Waals surface area contributed by atoms with Gasteiger partial charge in [-0.15, -0.1) is 0 Å². The van der Waals surface area contributed by atoms with Gasteiger partial charge in [0.15, 0.2) is 0 Å². The summed E-state index contributed by atoms with van der Waals surface area (Å²) in [5, 5.41) is 4.61. The van der Waals surface area contributed by atoms with Crippen molar-refractivity contribution in [3.8, 4) is 0 Å². The van der Waals surface area contributed by atoms with Crippen molar-refractivity contribution in [2.24, 2.45) is 0 Å². The summed E-state index contributed by atoms with van der Waals surface area (Å²) in [7, 11) is 0. The van der Waals surface area contributed by atoms with Crippen LogP contribution in [0, 0.1) is 0 Å². The molecular weight excluding hydrogens is 257 g/mol. The van der Waals surface area contributed by atoms with Crippen molar-refractivity contribution in [2.75, 3.05) is 6.54 Å². The number of benzene rings is 1. The van der Waals surface area contributed by atoms with E-state index in [4.69, 9.17) is 27.6 Å². The minimum Gasteiger partial charge on any atom is -0.467 e. The highest BCUT2D eigenvalue weighted by Gasteiger charge is 2.18. The quantitative estimate of drug-likeness (QED) is 0.896. The third-order valence-corrected chi connectivity index (χ3v) is 3.07. The lowest BCUT2D eigenvalue weighted by Crippen LogP contribution is -2.21. The molecule has 1 unspecified atom stereocenters. The Morgan fingerprint density at radius 2 is 2.12 bits per heavy atom. The molecule has 0 amide bonds. The van der Waals surface area contributed by atoms with Crippen LogP contribution < -0.4 is 5.32 Å². The zero-order chi connectivity index (χ0) is 12.3. The van der Waals surface area contributed by atoms with Gasteiger partial charge in [0.25, 0.3) is 0 Å². The fraction of sp³-hybridized carbons (Fsp3) is 0.231. The number of hydrogen-bond donors (Lipinski definition) is 1. The summed E-state index contributed by atoms with van der Waals surface area (Å²) in [5.74, 6) is 0.844. The first-order valence-corrected chi connectivity index (χ1v) is 6.19. The average Bonchev–Trinajstić information content (AvgIpc) is 2.80. The summed E-state index contributed by atoms with van der Waals surface area (Å²) in [4.78, 5) is 0. The van der Waals surface area contributed by atoms with Crippen molar-refractivity contribution >= 4 is 23.2 Å². The van der Waals surface area contributed by atoms with Gasteiger partial charge >= 0.3 is 0 Å². The molecule has 0 fully saturated rings. The lowest BCUT2D eigenvalue weighted by molar-refractivity contribution is 0.452. The molecule has 2 nitrogen and oxygen atoms in total. The average molecular weight is 270 g/mol. The maximum atomic E-state index is 6.21. The van der Waals surface area contributed by atoms with Crippen molar-refractivity contribution in [2.45, 2.75) is 13.0 Å². The molecule has 1 aromatic heterocycles. The molecule has 1 atom stereocenters. The van der Waals surface area contributed by atoms with Crippen LogP contribution in [0.3, 0.4) is 0 Å². The number of furan rings is 1. The van der Waals surface area contributed by atoms with E-state index in [1.165, 1.54) is 0 Å². The lowest BCUT2D eigenvalue weighted by Gasteiger charge is -2.17. The van der Waals surface area contributed by atoms with Gasteiger partial charge in [-0.3, -0.25) is 0 Å². The zero-order valence-corrected chi connectivity index (χ0v) is 10.9. The van der Waals surface area contributed by atoms with Gasteiger partial charge in [0.2, 0.25) is 0 Å². The second-order valence-corrected chi connectivity index (χ2v) is 4.52. The molecule has 1 heterocycles. The van der Waals surface area contributed by atoms with Crippen LogP contribution in [0.2, 0.25) is 10.0 Å². The minimum atomic E-state index is -0.0419. The van der Waals surface area contributed by atoms with Crippen LogP contribution in [-0.2, 0) is 0 Å². The van der Waals surface area contributed by atoms with E-state index in [9.17, 15) is 0 Å². The Morgan fingerprint density at radius 1 is 1.29 bits per heavy atom. The maximum absolute atomic E-state index is 6.21. The summed E-state index contributed by atoms with van der Waals surface area (Å²) in [6.45, 7) is 2.87. The second kappa shape index (κ2) is 5.58. The molecule has 0 radical (unpaired) electrons. The summed E-state index contributed by atoms with van der Waals surface area (Å²) in [5.41, 5.74) is 0.966. The van der Waals surface area contributed by atoms with Gasteiger partial charge in [-0.05, 0) is 36.4 Å². The normalized spacial score (nSPS) is 12.6. The molecule has 0 saturated heterocycles. The fourth-order valence-corrected chi connectivity index (χ4v) is 2.28. The highest BCUT2D eigenvalue weighted by Crippen LogP contribution is 2.30. The third kappa shape index (κ3) is 2.83. The summed E-state index contributed by atoms with van der Waals surface area (Å²) >= 11 is 12.1. The van der Waals surface area contributed by atoms with Crippen molar-refractivity contribution in [1.82, 2.24) is 5.32 Å². The Balaban J connectivity index is 2.39. The van der Waals surface area contributed by atoms with Gasteiger partial charge in [0, 0.05) is 10.0 Å². The first kappa shape index (κ1) is 12.5. The molecule has 1 N–H and O–H groups in total. The molecule has 2 rings (SSSR count). The molecule has 0 aliphatic heterocycles. The van der Waals surface area contributed by atoms with E-state index < -0.39 is 0 Å². The Hall–Kier alpha value is -0.960. The molecule has 90 valence electrons. The van der Waals surface area contributed by atoms with E-state index in [-0.39, 0.29) is 6.04 Å². The molecule has 0 spiro atoms. The van der Waals surface area contributed by atoms with E-state index >= 15 is 0 Å². The maximum Gasteiger partial charge on any atom is 0.125 e. The number of halogens is 2. The largest absolute Gasteiger partial charge is 0.467 e. The van der Waals surface area contributed by atoms with Crippen LogP contribution in [0.15, 0.2) is 41.0 Å². The van der Waals surface area contributed by atoms with Gasteiger partial charge in [-0.1, -0.05) is 36.2 Å². The first-order valence-electron chi connectivity index (χ1n) is 5.44. The molecular formula is C13H13Cl2NO.